The number of fused-ring (bicyclic) bond motifs is 3. The summed E-state index contributed by atoms with van der Waals surface area (Å²) in [6, 6.07) is 6.78. The molecule has 0 aromatic carbocycles. The molecule has 0 spiro atoms. The molecule has 4 atom stereocenters. The Morgan fingerprint density at radius 2 is 2.29 bits per heavy atom. The van der Waals surface area contributed by atoms with Gasteiger partial charge in [-0.15, -0.1) is 0 Å². The number of hydrogen-bond acceptors (Lipinski definition) is 5. The van der Waals surface area contributed by atoms with Crippen LogP contribution in [0.15, 0.2) is 24.4 Å². The minimum atomic E-state index is 0.607. The van der Waals surface area contributed by atoms with Crippen molar-refractivity contribution in [3.63, 3.8) is 0 Å². The lowest BCUT2D eigenvalue weighted by molar-refractivity contribution is -0.00764. The van der Waals surface area contributed by atoms with Crippen LogP contribution in [-0.2, 0) is 11.2 Å². The molecule has 6 nitrogen and oxygen atoms in total. The fourth-order valence-electron chi connectivity index (χ4n) is 4.55. The number of ether oxygens (including phenoxy) is 1. The van der Waals surface area contributed by atoms with Gasteiger partial charge in [-0.1, -0.05) is 6.07 Å². The average Bonchev–Trinajstić information content (AvgIpc) is 2.72. The second kappa shape index (κ2) is 11.0. The zero-order chi connectivity index (χ0) is 19.8. The molecular formula is C21H35N5OS. The van der Waals surface area contributed by atoms with Crippen LogP contribution in [0.3, 0.4) is 0 Å². The van der Waals surface area contributed by atoms with Crippen molar-refractivity contribution in [3.05, 3.63) is 30.1 Å². The summed E-state index contributed by atoms with van der Waals surface area (Å²) in [5, 5.41) is 7.33. The highest BCUT2D eigenvalue weighted by atomic mass is 32.1. The monoisotopic (exact) mass is 405 g/mol. The van der Waals surface area contributed by atoms with Gasteiger partial charge in [-0.25, -0.2) is 0 Å². The van der Waals surface area contributed by atoms with Gasteiger partial charge in [0.25, 0.3) is 0 Å². The van der Waals surface area contributed by atoms with E-state index in [1.807, 2.05) is 12.3 Å². The Hall–Kier alpha value is -1.28. The molecule has 2 N–H and O–H groups in total. The number of piperidine rings is 3. The van der Waals surface area contributed by atoms with Crippen LogP contribution in [0.2, 0.25) is 0 Å². The zero-order valence-corrected chi connectivity index (χ0v) is 18.1. The Kier molecular flexibility index (Phi) is 8.45. The van der Waals surface area contributed by atoms with Crippen molar-refractivity contribution in [1.29, 1.82) is 0 Å². The minimum Gasteiger partial charge on any atom is -0.383 e. The summed E-state index contributed by atoms with van der Waals surface area (Å²) in [7, 11) is 3.96. The van der Waals surface area contributed by atoms with E-state index in [-0.39, 0.29) is 0 Å². The Morgan fingerprint density at radius 3 is 3.00 bits per heavy atom. The average molecular weight is 406 g/mol. The maximum absolute atomic E-state index is 5.36. The Labute approximate surface area is 175 Å². The molecule has 7 heteroatoms. The number of methoxy groups -OCH3 is 1. The van der Waals surface area contributed by atoms with E-state index in [1.165, 1.54) is 38.2 Å². The molecule has 4 heterocycles. The molecule has 3 aliphatic rings. The maximum Gasteiger partial charge on any atom is 0.166 e. The number of nitrogens with zero attached hydrogens (tertiary/aromatic N) is 3. The van der Waals surface area contributed by atoms with Crippen LogP contribution in [0.5, 0.6) is 0 Å². The first kappa shape index (κ1) is 21.4. The third-order valence-corrected chi connectivity index (χ3v) is 6.41. The maximum atomic E-state index is 5.36. The summed E-state index contributed by atoms with van der Waals surface area (Å²) < 4.78 is 5.05. The number of pyridine rings is 1. The Balaban J connectivity index is 1.37. The van der Waals surface area contributed by atoms with Crippen molar-refractivity contribution in [2.75, 3.05) is 60.0 Å². The van der Waals surface area contributed by atoms with Crippen LogP contribution in [0.1, 0.15) is 18.5 Å². The van der Waals surface area contributed by atoms with Gasteiger partial charge in [-0.2, -0.15) is 0 Å². The molecule has 1 aromatic heterocycles. The fraction of sp³-hybridized carbons (Fsp3) is 0.714. The van der Waals surface area contributed by atoms with E-state index in [0.29, 0.717) is 12.6 Å². The quantitative estimate of drug-likeness (QED) is 0.450. The predicted octanol–water partition coefficient (Wildman–Crippen LogP) is 1.38. The second-order valence-corrected chi connectivity index (χ2v) is 8.56. The lowest BCUT2D eigenvalue weighted by atomic mass is 9.75. The third kappa shape index (κ3) is 6.37. The van der Waals surface area contributed by atoms with Gasteiger partial charge < -0.3 is 20.3 Å². The van der Waals surface area contributed by atoms with E-state index >= 15 is 0 Å². The van der Waals surface area contributed by atoms with Crippen molar-refractivity contribution >= 4 is 17.3 Å². The first-order valence-electron chi connectivity index (χ1n) is 10.5. The van der Waals surface area contributed by atoms with Crippen LogP contribution in [-0.4, -0.2) is 86.0 Å². The number of likely N-dealkylation sites (N-methyl/N-ethyl adjacent to an activating group) is 1. The fourth-order valence-corrected chi connectivity index (χ4v) is 4.74. The van der Waals surface area contributed by atoms with E-state index in [9.17, 15) is 0 Å². The summed E-state index contributed by atoms with van der Waals surface area (Å²) in [4.78, 5) is 9.60. The molecule has 0 aliphatic carbocycles. The zero-order valence-electron chi connectivity index (χ0n) is 17.3. The number of hydrogen-bond donors (Lipinski definition) is 2. The Morgan fingerprint density at radius 1 is 1.39 bits per heavy atom. The summed E-state index contributed by atoms with van der Waals surface area (Å²) in [6.45, 7) is 7.08. The first-order chi connectivity index (χ1) is 13.7. The molecule has 0 radical (unpaired) electrons. The summed E-state index contributed by atoms with van der Waals surface area (Å²) in [5.41, 5.74) is 1.18. The van der Waals surface area contributed by atoms with Gasteiger partial charge in [-0.05, 0) is 62.6 Å². The highest BCUT2D eigenvalue weighted by Gasteiger charge is 2.40. The lowest BCUT2D eigenvalue weighted by Crippen LogP contribution is -2.58. The summed E-state index contributed by atoms with van der Waals surface area (Å²) >= 11 is 5.36. The van der Waals surface area contributed by atoms with Crippen molar-refractivity contribution in [2.24, 2.45) is 11.8 Å². The first-order valence-corrected chi connectivity index (χ1v) is 10.9. The largest absolute Gasteiger partial charge is 0.383 e. The molecule has 3 saturated heterocycles. The Bertz CT molecular complexity index is 602. The number of rotatable bonds is 10. The van der Waals surface area contributed by atoms with Gasteiger partial charge in [-0.3, -0.25) is 9.88 Å². The molecule has 28 heavy (non-hydrogen) atoms. The highest BCUT2D eigenvalue weighted by molar-refractivity contribution is 7.80. The van der Waals surface area contributed by atoms with Gasteiger partial charge in [0.15, 0.2) is 5.11 Å². The van der Waals surface area contributed by atoms with Crippen LogP contribution < -0.4 is 10.6 Å². The van der Waals surface area contributed by atoms with E-state index in [1.54, 1.807) is 7.11 Å². The predicted molar refractivity (Wildman–Crippen MR) is 117 cm³/mol. The number of aromatic nitrogens is 1. The van der Waals surface area contributed by atoms with Crippen molar-refractivity contribution < 1.29 is 4.74 Å². The normalized spacial score (nSPS) is 26.4. The molecule has 4 unspecified atom stereocenters. The number of nitrogens with one attached hydrogen (secondary N) is 2. The van der Waals surface area contributed by atoms with Crippen LogP contribution in [0.25, 0.3) is 0 Å². The van der Waals surface area contributed by atoms with Gasteiger partial charge in [0.2, 0.25) is 0 Å². The summed E-state index contributed by atoms with van der Waals surface area (Å²) in [6.07, 6.45) is 5.53. The van der Waals surface area contributed by atoms with Crippen molar-refractivity contribution in [2.45, 2.75) is 25.3 Å². The molecule has 0 amide bonds. The third-order valence-electron chi connectivity index (χ3n) is 6.13. The van der Waals surface area contributed by atoms with Crippen molar-refractivity contribution in [1.82, 2.24) is 25.4 Å². The van der Waals surface area contributed by atoms with Crippen molar-refractivity contribution in [3.8, 4) is 0 Å². The molecule has 1 aromatic rings. The van der Waals surface area contributed by atoms with Gasteiger partial charge >= 0.3 is 0 Å². The van der Waals surface area contributed by atoms with E-state index in [2.05, 4.69) is 44.6 Å². The molecular weight excluding hydrogens is 370 g/mol. The lowest BCUT2D eigenvalue weighted by Gasteiger charge is -2.50. The topological polar surface area (TPSA) is 52.7 Å². The summed E-state index contributed by atoms with van der Waals surface area (Å²) in [5.74, 6) is 1.62. The molecule has 156 valence electrons. The van der Waals surface area contributed by atoms with Crippen LogP contribution >= 0.6 is 12.2 Å². The molecule has 4 rings (SSSR count). The van der Waals surface area contributed by atoms with Gasteiger partial charge in [0.05, 0.1) is 6.61 Å². The smallest absolute Gasteiger partial charge is 0.166 e. The van der Waals surface area contributed by atoms with E-state index in [0.717, 1.165) is 43.0 Å². The molecule has 0 saturated carbocycles. The van der Waals surface area contributed by atoms with E-state index in [4.69, 9.17) is 17.0 Å². The molecule has 3 fully saturated rings. The SMILES string of the molecule is COCCNC(=S)NCC1CC2CCN1CC2CN(C)CCc1ccccn1. The van der Waals surface area contributed by atoms with Crippen LogP contribution in [0.4, 0.5) is 0 Å². The van der Waals surface area contributed by atoms with Gasteiger partial charge in [0, 0.05) is 64.2 Å². The highest BCUT2D eigenvalue weighted by Crippen LogP contribution is 2.36. The van der Waals surface area contributed by atoms with Gasteiger partial charge in [0.1, 0.15) is 0 Å². The molecule has 3 aliphatic heterocycles. The second-order valence-electron chi connectivity index (χ2n) is 8.16. The molecule has 2 bridgehead atoms. The van der Waals surface area contributed by atoms with E-state index < -0.39 is 0 Å². The standard InChI is InChI=1S/C21H35N5OS/c1-25(10-7-19-5-3-4-8-22-19)15-18-16-26-11-6-17(18)13-20(26)14-24-21(28)23-9-12-27-2/h3-5,8,17-18,20H,6-7,9-16H2,1-2H3,(H2,23,24,28). The number of thiocarbonyl (C=S) groups is 1. The van der Waals surface area contributed by atoms with Crippen LogP contribution in [0, 0.1) is 11.8 Å². The minimum absolute atomic E-state index is 0.607.